The van der Waals surface area contributed by atoms with E-state index in [1.807, 2.05) is 38.6 Å². The van der Waals surface area contributed by atoms with E-state index in [9.17, 15) is 0 Å². The van der Waals surface area contributed by atoms with Crippen LogP contribution in [-0.2, 0) is 0 Å². The van der Waals surface area contributed by atoms with Crippen molar-refractivity contribution in [2.24, 2.45) is 0 Å². The minimum absolute atomic E-state index is 0.766. The summed E-state index contributed by atoms with van der Waals surface area (Å²) in [5.74, 6) is 1.72. The predicted molar refractivity (Wildman–Crippen MR) is 82.6 cm³/mol. The molecule has 100 valence electrons. The molecule has 0 saturated carbocycles. The summed E-state index contributed by atoms with van der Waals surface area (Å²) in [6, 6.07) is 10.2. The maximum atomic E-state index is 4.56. The molecule has 0 atom stereocenters. The molecule has 1 N–H and O–H groups in total. The lowest BCUT2D eigenvalue weighted by Gasteiger charge is -2.21. The Labute approximate surface area is 118 Å². The summed E-state index contributed by atoms with van der Waals surface area (Å²) in [6.07, 6.45) is 1.98. The van der Waals surface area contributed by atoms with Gasteiger partial charge >= 0.3 is 0 Å². The van der Waals surface area contributed by atoms with Crippen molar-refractivity contribution >= 4 is 29.1 Å². The first-order valence-corrected chi connectivity index (χ1v) is 7.28. The molecule has 0 aliphatic carbocycles. The van der Waals surface area contributed by atoms with Crippen molar-refractivity contribution in [3.8, 4) is 0 Å². The van der Waals surface area contributed by atoms with Crippen LogP contribution in [-0.4, -0.2) is 30.3 Å². The highest BCUT2D eigenvalue weighted by Crippen LogP contribution is 2.27. The standard InChI is InChI=1S/C14H18N4S/c1-10-7-5-6-8-11(10)18(3)13-9-12(15-2)16-14(17-13)19-4/h5-9H,1-4H3,(H,15,16,17). The van der Waals surface area contributed by atoms with Crippen LogP contribution in [0, 0.1) is 6.92 Å². The van der Waals surface area contributed by atoms with E-state index in [2.05, 4.69) is 39.2 Å². The van der Waals surface area contributed by atoms with Crippen LogP contribution in [0.3, 0.4) is 0 Å². The number of nitrogens with one attached hydrogen (secondary N) is 1. The van der Waals surface area contributed by atoms with Gasteiger partial charge in [0.1, 0.15) is 11.6 Å². The minimum atomic E-state index is 0.766. The number of rotatable bonds is 4. The third-order valence-electron chi connectivity index (χ3n) is 2.95. The second-order valence-electron chi connectivity index (χ2n) is 4.19. The number of aryl methyl sites for hydroxylation is 1. The summed E-state index contributed by atoms with van der Waals surface area (Å²) in [7, 11) is 3.89. The monoisotopic (exact) mass is 274 g/mol. The van der Waals surface area contributed by atoms with Crippen LogP contribution in [0.5, 0.6) is 0 Å². The third kappa shape index (κ3) is 2.98. The van der Waals surface area contributed by atoms with E-state index < -0.39 is 0 Å². The first kappa shape index (κ1) is 13.7. The van der Waals surface area contributed by atoms with E-state index in [1.54, 1.807) is 11.8 Å². The summed E-state index contributed by atoms with van der Waals surface area (Å²) in [5.41, 5.74) is 2.37. The molecule has 19 heavy (non-hydrogen) atoms. The number of benzene rings is 1. The summed E-state index contributed by atoms with van der Waals surface area (Å²) in [5, 5.41) is 3.84. The number of hydrogen-bond donors (Lipinski definition) is 1. The molecule has 0 spiro atoms. The zero-order valence-corrected chi connectivity index (χ0v) is 12.5. The number of nitrogens with zero attached hydrogens (tertiary/aromatic N) is 3. The maximum Gasteiger partial charge on any atom is 0.191 e. The number of hydrogen-bond acceptors (Lipinski definition) is 5. The lowest BCUT2D eigenvalue weighted by Crippen LogP contribution is -2.13. The van der Waals surface area contributed by atoms with E-state index in [1.165, 1.54) is 5.56 Å². The molecule has 1 aromatic heterocycles. The van der Waals surface area contributed by atoms with Gasteiger partial charge < -0.3 is 10.2 Å². The minimum Gasteiger partial charge on any atom is -0.373 e. The molecule has 0 radical (unpaired) electrons. The topological polar surface area (TPSA) is 41.0 Å². The van der Waals surface area contributed by atoms with Crippen LogP contribution < -0.4 is 10.2 Å². The summed E-state index contributed by atoms with van der Waals surface area (Å²) in [6.45, 7) is 2.10. The second kappa shape index (κ2) is 5.93. The molecule has 4 nitrogen and oxygen atoms in total. The third-order valence-corrected chi connectivity index (χ3v) is 3.50. The highest BCUT2D eigenvalue weighted by Gasteiger charge is 2.10. The first-order chi connectivity index (χ1) is 9.15. The summed E-state index contributed by atoms with van der Waals surface area (Å²) in [4.78, 5) is 11.0. The second-order valence-corrected chi connectivity index (χ2v) is 4.97. The van der Waals surface area contributed by atoms with Crippen LogP contribution >= 0.6 is 11.8 Å². The van der Waals surface area contributed by atoms with Gasteiger partial charge in [-0.1, -0.05) is 30.0 Å². The fraction of sp³-hybridized carbons (Fsp3) is 0.286. The van der Waals surface area contributed by atoms with Crippen LogP contribution in [0.25, 0.3) is 0 Å². The molecular formula is C14H18N4S. The lowest BCUT2D eigenvalue weighted by molar-refractivity contribution is 0.946. The summed E-state index contributed by atoms with van der Waals surface area (Å²) >= 11 is 1.54. The SMILES string of the molecule is CNc1cc(N(C)c2ccccc2C)nc(SC)n1. The molecule has 0 unspecified atom stereocenters. The fourth-order valence-electron chi connectivity index (χ4n) is 1.87. The largest absolute Gasteiger partial charge is 0.373 e. The molecule has 2 rings (SSSR count). The van der Waals surface area contributed by atoms with Gasteiger partial charge in [-0.2, -0.15) is 0 Å². The highest BCUT2D eigenvalue weighted by atomic mass is 32.2. The zero-order valence-electron chi connectivity index (χ0n) is 11.6. The van der Waals surface area contributed by atoms with E-state index in [0.717, 1.165) is 22.5 Å². The maximum absolute atomic E-state index is 4.56. The Hall–Kier alpha value is -1.75. The average Bonchev–Trinajstić information content (AvgIpc) is 2.46. The van der Waals surface area contributed by atoms with E-state index >= 15 is 0 Å². The van der Waals surface area contributed by atoms with Gasteiger partial charge in [0, 0.05) is 25.8 Å². The van der Waals surface area contributed by atoms with Crippen LogP contribution in [0.4, 0.5) is 17.3 Å². The summed E-state index contributed by atoms with van der Waals surface area (Å²) < 4.78 is 0. The van der Waals surface area contributed by atoms with Gasteiger partial charge in [0.05, 0.1) is 0 Å². The smallest absolute Gasteiger partial charge is 0.191 e. The molecule has 0 bridgehead atoms. The Morgan fingerprint density at radius 1 is 1.21 bits per heavy atom. The Bertz CT molecular complexity index is 549. The molecule has 0 amide bonds. The van der Waals surface area contributed by atoms with Crippen molar-refractivity contribution in [2.75, 3.05) is 30.6 Å². The normalized spacial score (nSPS) is 10.3. The van der Waals surface area contributed by atoms with Gasteiger partial charge in [0.2, 0.25) is 0 Å². The first-order valence-electron chi connectivity index (χ1n) is 6.06. The van der Waals surface area contributed by atoms with E-state index in [-0.39, 0.29) is 0 Å². The Balaban J connectivity index is 2.43. The van der Waals surface area contributed by atoms with Gasteiger partial charge in [0.15, 0.2) is 5.16 Å². The van der Waals surface area contributed by atoms with E-state index in [0.29, 0.717) is 0 Å². The number of para-hydroxylation sites is 1. The van der Waals surface area contributed by atoms with Gasteiger partial charge in [-0.15, -0.1) is 0 Å². The quantitative estimate of drug-likeness (QED) is 0.684. The highest BCUT2D eigenvalue weighted by molar-refractivity contribution is 7.98. The van der Waals surface area contributed by atoms with Crippen molar-refractivity contribution in [1.82, 2.24) is 9.97 Å². The molecule has 0 aliphatic rings. The van der Waals surface area contributed by atoms with Crippen molar-refractivity contribution in [2.45, 2.75) is 12.1 Å². The molecule has 1 heterocycles. The van der Waals surface area contributed by atoms with Crippen molar-refractivity contribution in [3.63, 3.8) is 0 Å². The van der Waals surface area contributed by atoms with Crippen molar-refractivity contribution in [3.05, 3.63) is 35.9 Å². The van der Waals surface area contributed by atoms with Crippen molar-refractivity contribution in [1.29, 1.82) is 0 Å². The van der Waals surface area contributed by atoms with Crippen LogP contribution in [0.15, 0.2) is 35.5 Å². The van der Waals surface area contributed by atoms with Gasteiger partial charge in [-0.25, -0.2) is 9.97 Å². The predicted octanol–water partition coefficient (Wildman–Crippen LogP) is 3.32. The number of thioether (sulfide) groups is 1. The Kier molecular flexibility index (Phi) is 4.27. The Morgan fingerprint density at radius 2 is 1.95 bits per heavy atom. The lowest BCUT2D eigenvalue weighted by atomic mass is 10.2. The number of aromatic nitrogens is 2. The molecular weight excluding hydrogens is 256 g/mol. The van der Waals surface area contributed by atoms with Crippen LogP contribution in [0.1, 0.15) is 5.56 Å². The van der Waals surface area contributed by atoms with Gasteiger partial charge in [-0.05, 0) is 24.8 Å². The van der Waals surface area contributed by atoms with Gasteiger partial charge in [0.25, 0.3) is 0 Å². The Morgan fingerprint density at radius 3 is 2.58 bits per heavy atom. The van der Waals surface area contributed by atoms with Gasteiger partial charge in [-0.3, -0.25) is 0 Å². The van der Waals surface area contributed by atoms with E-state index in [4.69, 9.17) is 0 Å². The average molecular weight is 274 g/mol. The molecule has 2 aromatic rings. The molecule has 0 aliphatic heterocycles. The fourth-order valence-corrected chi connectivity index (χ4v) is 2.24. The molecule has 1 aromatic carbocycles. The molecule has 5 heteroatoms. The molecule has 0 saturated heterocycles. The van der Waals surface area contributed by atoms with Crippen molar-refractivity contribution < 1.29 is 0 Å². The number of anilines is 3. The zero-order chi connectivity index (χ0) is 13.8. The molecule has 0 fully saturated rings. The van der Waals surface area contributed by atoms with Crippen LogP contribution in [0.2, 0.25) is 0 Å².